The summed E-state index contributed by atoms with van der Waals surface area (Å²) in [7, 11) is 4.38. The average molecular weight is 404 g/mol. The molecule has 160 valence electrons. The quantitative estimate of drug-likeness (QED) is 0.608. The van der Waals surface area contributed by atoms with Crippen LogP contribution in [0.4, 0.5) is 0 Å². The van der Waals surface area contributed by atoms with Crippen LogP contribution in [0, 0.1) is 0 Å². The zero-order valence-corrected chi connectivity index (χ0v) is 18.7. The molecule has 0 radical (unpaired) electrons. The summed E-state index contributed by atoms with van der Waals surface area (Å²) in [6.45, 7) is 3.41. The van der Waals surface area contributed by atoms with Crippen LogP contribution in [0.15, 0.2) is 54.7 Å². The molecule has 3 heteroatoms. The monoisotopic (exact) mass is 403 g/mol. The first-order chi connectivity index (χ1) is 14.7. The maximum absolute atomic E-state index is 3.37. The zero-order chi connectivity index (χ0) is 20.8. The Kier molecular flexibility index (Phi) is 7.24. The van der Waals surface area contributed by atoms with Crippen molar-refractivity contribution in [1.82, 2.24) is 14.8 Å². The number of benzene rings is 2. The van der Waals surface area contributed by atoms with Gasteiger partial charge in [0.2, 0.25) is 0 Å². The van der Waals surface area contributed by atoms with Gasteiger partial charge in [-0.3, -0.25) is 4.90 Å². The van der Waals surface area contributed by atoms with Crippen LogP contribution in [-0.4, -0.2) is 48.0 Å². The Bertz CT molecular complexity index is 921. The van der Waals surface area contributed by atoms with E-state index in [1.54, 1.807) is 0 Å². The summed E-state index contributed by atoms with van der Waals surface area (Å²) in [4.78, 5) is 8.31. The van der Waals surface area contributed by atoms with Gasteiger partial charge in [0.05, 0.1) is 0 Å². The highest BCUT2D eigenvalue weighted by Gasteiger charge is 2.16. The maximum Gasteiger partial charge on any atom is 0.0456 e. The third-order valence-corrected chi connectivity index (χ3v) is 6.89. The normalized spacial score (nSPS) is 17.6. The molecule has 1 aliphatic heterocycles. The smallest absolute Gasteiger partial charge is 0.0456 e. The number of aromatic nitrogens is 1. The molecule has 2 heterocycles. The lowest BCUT2D eigenvalue weighted by Gasteiger charge is -2.28. The summed E-state index contributed by atoms with van der Waals surface area (Å²) in [6, 6.07) is 18.3. The van der Waals surface area contributed by atoms with Gasteiger partial charge in [0.1, 0.15) is 0 Å². The first-order valence-corrected chi connectivity index (χ1v) is 11.7. The van der Waals surface area contributed by atoms with Crippen molar-refractivity contribution in [3.05, 3.63) is 71.4 Å². The van der Waals surface area contributed by atoms with Crippen molar-refractivity contribution in [3.63, 3.8) is 0 Å². The van der Waals surface area contributed by atoms with Crippen LogP contribution in [0.1, 0.15) is 48.8 Å². The number of rotatable bonds is 4. The summed E-state index contributed by atoms with van der Waals surface area (Å²) in [5.74, 6) is 0. The Labute approximate surface area is 182 Å². The van der Waals surface area contributed by atoms with Crippen LogP contribution in [0.3, 0.4) is 0 Å². The second kappa shape index (κ2) is 10.3. The molecule has 2 aromatic carbocycles. The predicted octanol–water partition coefficient (Wildman–Crippen LogP) is 5.65. The number of H-pyrrole nitrogens is 1. The Hall–Kier alpha value is -2.10. The fourth-order valence-electron chi connectivity index (χ4n) is 4.96. The summed E-state index contributed by atoms with van der Waals surface area (Å²) >= 11 is 0. The van der Waals surface area contributed by atoms with Crippen molar-refractivity contribution in [2.24, 2.45) is 0 Å². The van der Waals surface area contributed by atoms with E-state index in [1.165, 1.54) is 72.7 Å². The molecule has 1 N–H and O–H groups in total. The molecule has 1 saturated carbocycles. The molecule has 0 bridgehead atoms. The maximum atomic E-state index is 3.37. The van der Waals surface area contributed by atoms with E-state index in [9.17, 15) is 0 Å². The zero-order valence-electron chi connectivity index (χ0n) is 18.7. The number of fused-ring (bicyclic) bond motifs is 2. The van der Waals surface area contributed by atoms with E-state index in [2.05, 4.69) is 83.6 Å². The molecule has 3 nitrogen and oxygen atoms in total. The van der Waals surface area contributed by atoms with Crippen LogP contribution >= 0.6 is 0 Å². The van der Waals surface area contributed by atoms with Gasteiger partial charge in [-0.1, -0.05) is 61.7 Å². The molecular weight excluding hydrogens is 366 g/mol. The summed E-state index contributed by atoms with van der Waals surface area (Å²) in [5.41, 5.74) is 5.71. The fourth-order valence-corrected chi connectivity index (χ4v) is 4.96. The number of para-hydroxylation sites is 1. The molecule has 0 amide bonds. The minimum Gasteiger partial charge on any atom is -0.361 e. The Balaban J connectivity index is 0.000000204. The third-order valence-electron chi connectivity index (χ3n) is 6.89. The first-order valence-electron chi connectivity index (χ1n) is 11.7. The van der Waals surface area contributed by atoms with Gasteiger partial charge in [-0.05, 0) is 62.5 Å². The molecule has 0 unspecified atom stereocenters. The van der Waals surface area contributed by atoms with Crippen molar-refractivity contribution in [1.29, 1.82) is 0 Å². The van der Waals surface area contributed by atoms with Gasteiger partial charge >= 0.3 is 0 Å². The van der Waals surface area contributed by atoms with Gasteiger partial charge in [-0.15, -0.1) is 0 Å². The molecule has 30 heavy (non-hydrogen) atoms. The molecule has 3 aromatic rings. The summed E-state index contributed by atoms with van der Waals surface area (Å²) in [6.07, 6.45) is 11.7. The fraction of sp³-hybridized carbons (Fsp3) is 0.481. The third kappa shape index (κ3) is 5.33. The van der Waals surface area contributed by atoms with Gasteiger partial charge < -0.3 is 9.88 Å². The van der Waals surface area contributed by atoms with Gasteiger partial charge in [-0.2, -0.15) is 0 Å². The van der Waals surface area contributed by atoms with Gasteiger partial charge in [0.25, 0.3) is 0 Å². The second-order valence-electron chi connectivity index (χ2n) is 9.16. The van der Waals surface area contributed by atoms with Gasteiger partial charge in [0.15, 0.2) is 0 Å². The number of nitrogens with one attached hydrogen (secondary N) is 1. The van der Waals surface area contributed by atoms with Crippen molar-refractivity contribution in [2.45, 2.75) is 57.5 Å². The van der Waals surface area contributed by atoms with Crippen molar-refractivity contribution in [2.75, 3.05) is 27.2 Å². The average Bonchev–Trinajstić information content (AvgIpc) is 3.22. The SMILES string of the molecule is CN(C)C1CCCCC1.c1ccc2c(c1)CCN(CCc1c[nH]c3ccccc13)C2. The van der Waals surface area contributed by atoms with E-state index in [4.69, 9.17) is 0 Å². The Morgan fingerprint density at radius 1 is 0.933 bits per heavy atom. The van der Waals surface area contributed by atoms with Crippen molar-refractivity contribution in [3.8, 4) is 0 Å². The summed E-state index contributed by atoms with van der Waals surface area (Å²) < 4.78 is 0. The first kappa shape index (κ1) is 21.1. The molecular formula is C27H37N3. The van der Waals surface area contributed by atoms with Gasteiger partial charge in [-0.25, -0.2) is 0 Å². The van der Waals surface area contributed by atoms with Crippen molar-refractivity contribution < 1.29 is 0 Å². The van der Waals surface area contributed by atoms with Gasteiger partial charge in [0, 0.05) is 42.8 Å². The Morgan fingerprint density at radius 2 is 1.67 bits per heavy atom. The largest absolute Gasteiger partial charge is 0.361 e. The lowest BCUT2D eigenvalue weighted by atomic mass is 9.95. The predicted molar refractivity (Wildman–Crippen MR) is 128 cm³/mol. The molecule has 0 atom stereocenters. The van der Waals surface area contributed by atoms with E-state index in [-0.39, 0.29) is 0 Å². The molecule has 0 spiro atoms. The standard InChI is InChI=1S/C19H20N2.C8H17N/c1-2-6-17-14-21(11-9-15(17)5-1)12-10-16-13-20-19-8-4-3-7-18(16)19;1-9(2)8-6-4-3-5-7-8/h1-8,13,20H,9-12,14H2;8H,3-7H2,1-2H3. The second-order valence-corrected chi connectivity index (χ2v) is 9.16. The van der Waals surface area contributed by atoms with E-state index in [1.807, 2.05) is 0 Å². The molecule has 2 aliphatic rings. The summed E-state index contributed by atoms with van der Waals surface area (Å²) in [5, 5.41) is 1.37. The highest BCUT2D eigenvalue weighted by atomic mass is 15.1. The minimum absolute atomic E-state index is 0.888. The van der Waals surface area contributed by atoms with E-state index in [0.29, 0.717) is 0 Å². The van der Waals surface area contributed by atoms with Crippen LogP contribution in [0.2, 0.25) is 0 Å². The van der Waals surface area contributed by atoms with Crippen LogP contribution in [-0.2, 0) is 19.4 Å². The van der Waals surface area contributed by atoms with Crippen molar-refractivity contribution >= 4 is 10.9 Å². The number of nitrogens with zero attached hydrogens (tertiary/aromatic N) is 2. The van der Waals surface area contributed by atoms with Crippen LogP contribution in [0.5, 0.6) is 0 Å². The minimum atomic E-state index is 0.888. The number of aromatic amines is 1. The van der Waals surface area contributed by atoms with E-state index >= 15 is 0 Å². The lowest BCUT2D eigenvalue weighted by Crippen LogP contribution is -2.32. The molecule has 1 aromatic heterocycles. The topological polar surface area (TPSA) is 22.3 Å². The molecule has 5 rings (SSSR count). The molecule has 1 aliphatic carbocycles. The number of hydrogen-bond donors (Lipinski definition) is 1. The van der Waals surface area contributed by atoms with Crippen LogP contribution < -0.4 is 0 Å². The van der Waals surface area contributed by atoms with Crippen LogP contribution in [0.25, 0.3) is 10.9 Å². The highest BCUT2D eigenvalue weighted by Crippen LogP contribution is 2.22. The van der Waals surface area contributed by atoms with E-state index in [0.717, 1.165) is 25.6 Å². The van der Waals surface area contributed by atoms with E-state index < -0.39 is 0 Å². The number of hydrogen-bond acceptors (Lipinski definition) is 2. The Morgan fingerprint density at radius 3 is 2.43 bits per heavy atom. The molecule has 1 fully saturated rings. The lowest BCUT2D eigenvalue weighted by molar-refractivity contribution is 0.229. The highest BCUT2D eigenvalue weighted by molar-refractivity contribution is 5.83. The molecule has 0 saturated heterocycles.